The predicted molar refractivity (Wildman–Crippen MR) is 124 cm³/mol. The van der Waals surface area contributed by atoms with E-state index in [-0.39, 0.29) is 11.9 Å². The molecule has 0 atom stereocenters. The SMILES string of the molecule is COc1ccc(C(=O)N(c2ccc(C)cc2)C2CCN(Cc3ccsc3)CC2)cc1. The lowest BCUT2D eigenvalue weighted by Crippen LogP contribution is -2.47. The number of ether oxygens (including phenoxy) is 1. The Morgan fingerprint density at radius 2 is 1.77 bits per heavy atom. The van der Waals surface area contributed by atoms with E-state index in [0.717, 1.165) is 43.9 Å². The van der Waals surface area contributed by atoms with Crippen LogP contribution in [0.5, 0.6) is 5.75 Å². The van der Waals surface area contributed by atoms with Crippen molar-refractivity contribution in [2.24, 2.45) is 0 Å². The fourth-order valence-corrected chi connectivity index (χ4v) is 4.71. The van der Waals surface area contributed by atoms with Gasteiger partial charge in [-0.2, -0.15) is 11.3 Å². The molecule has 1 saturated heterocycles. The van der Waals surface area contributed by atoms with E-state index in [1.54, 1.807) is 18.4 Å². The number of methoxy groups -OCH3 is 1. The Kier molecular flexibility index (Phi) is 6.50. The summed E-state index contributed by atoms with van der Waals surface area (Å²) in [6, 6.07) is 18.1. The molecule has 0 radical (unpaired) electrons. The maximum atomic E-state index is 13.5. The highest BCUT2D eigenvalue weighted by atomic mass is 32.1. The highest BCUT2D eigenvalue weighted by Crippen LogP contribution is 2.27. The van der Waals surface area contributed by atoms with Crippen molar-refractivity contribution >= 4 is 22.9 Å². The van der Waals surface area contributed by atoms with E-state index < -0.39 is 0 Å². The molecule has 5 heteroatoms. The molecule has 1 amide bonds. The van der Waals surface area contributed by atoms with Crippen molar-refractivity contribution < 1.29 is 9.53 Å². The quantitative estimate of drug-likeness (QED) is 0.537. The number of hydrogen-bond donors (Lipinski definition) is 0. The maximum Gasteiger partial charge on any atom is 0.258 e. The number of benzene rings is 2. The van der Waals surface area contributed by atoms with Crippen LogP contribution in [0.3, 0.4) is 0 Å². The molecule has 1 aromatic heterocycles. The second-order valence-electron chi connectivity index (χ2n) is 7.88. The third-order valence-electron chi connectivity index (χ3n) is 5.78. The minimum Gasteiger partial charge on any atom is -0.497 e. The van der Waals surface area contributed by atoms with Gasteiger partial charge in [-0.05, 0) is 78.6 Å². The molecule has 2 heterocycles. The van der Waals surface area contributed by atoms with Crippen molar-refractivity contribution in [1.82, 2.24) is 4.90 Å². The largest absolute Gasteiger partial charge is 0.497 e. The van der Waals surface area contributed by atoms with E-state index in [1.165, 1.54) is 11.1 Å². The molecule has 0 aliphatic carbocycles. The molecule has 0 saturated carbocycles. The Bertz CT molecular complexity index is 944. The number of hydrogen-bond acceptors (Lipinski definition) is 4. The molecule has 0 N–H and O–H groups in total. The normalized spacial score (nSPS) is 15.1. The van der Waals surface area contributed by atoms with Gasteiger partial charge < -0.3 is 9.64 Å². The molecule has 30 heavy (non-hydrogen) atoms. The molecule has 1 aliphatic heterocycles. The first-order valence-electron chi connectivity index (χ1n) is 10.4. The highest BCUT2D eigenvalue weighted by molar-refractivity contribution is 7.07. The van der Waals surface area contributed by atoms with Crippen molar-refractivity contribution in [2.75, 3.05) is 25.1 Å². The van der Waals surface area contributed by atoms with Crippen LogP contribution in [0.4, 0.5) is 5.69 Å². The van der Waals surface area contributed by atoms with E-state index >= 15 is 0 Å². The van der Waals surface area contributed by atoms with Gasteiger partial charge in [0.25, 0.3) is 5.91 Å². The van der Waals surface area contributed by atoms with E-state index in [9.17, 15) is 4.79 Å². The number of carbonyl (C=O) groups excluding carboxylic acids is 1. The van der Waals surface area contributed by atoms with Crippen LogP contribution in [0.1, 0.15) is 34.3 Å². The van der Waals surface area contributed by atoms with Crippen LogP contribution in [0.25, 0.3) is 0 Å². The van der Waals surface area contributed by atoms with Crippen molar-refractivity contribution in [3.8, 4) is 5.75 Å². The topological polar surface area (TPSA) is 32.8 Å². The number of anilines is 1. The summed E-state index contributed by atoms with van der Waals surface area (Å²) in [4.78, 5) is 18.0. The van der Waals surface area contributed by atoms with Crippen LogP contribution in [-0.4, -0.2) is 37.0 Å². The average Bonchev–Trinajstić information content (AvgIpc) is 3.29. The fraction of sp³-hybridized carbons (Fsp3) is 0.320. The minimum atomic E-state index is 0.0535. The van der Waals surface area contributed by atoms with E-state index in [1.807, 2.05) is 29.2 Å². The van der Waals surface area contributed by atoms with Crippen LogP contribution in [0.15, 0.2) is 65.4 Å². The first-order chi connectivity index (χ1) is 14.6. The van der Waals surface area contributed by atoms with E-state index in [0.29, 0.717) is 5.56 Å². The molecule has 156 valence electrons. The highest BCUT2D eigenvalue weighted by Gasteiger charge is 2.30. The van der Waals surface area contributed by atoms with Crippen LogP contribution in [-0.2, 0) is 6.54 Å². The Morgan fingerprint density at radius 3 is 2.37 bits per heavy atom. The Morgan fingerprint density at radius 1 is 1.07 bits per heavy atom. The van der Waals surface area contributed by atoms with Crippen LogP contribution in [0, 0.1) is 6.92 Å². The van der Waals surface area contributed by atoms with E-state index in [4.69, 9.17) is 4.74 Å². The molecule has 1 aliphatic rings. The minimum absolute atomic E-state index is 0.0535. The summed E-state index contributed by atoms with van der Waals surface area (Å²) < 4.78 is 5.25. The van der Waals surface area contributed by atoms with Gasteiger partial charge in [0.05, 0.1) is 7.11 Å². The van der Waals surface area contributed by atoms with Crippen LogP contribution < -0.4 is 9.64 Å². The summed E-state index contributed by atoms with van der Waals surface area (Å²) in [6.07, 6.45) is 1.94. The number of thiophene rings is 1. The third kappa shape index (κ3) is 4.74. The second kappa shape index (κ2) is 9.45. The summed E-state index contributed by atoms with van der Waals surface area (Å²) in [7, 11) is 1.64. The van der Waals surface area contributed by atoms with Gasteiger partial charge in [0, 0.05) is 36.9 Å². The molecule has 0 bridgehead atoms. The monoisotopic (exact) mass is 420 g/mol. The van der Waals surface area contributed by atoms with Gasteiger partial charge in [0.2, 0.25) is 0 Å². The van der Waals surface area contributed by atoms with Crippen molar-refractivity contribution in [2.45, 2.75) is 32.4 Å². The lowest BCUT2D eigenvalue weighted by Gasteiger charge is -2.38. The smallest absolute Gasteiger partial charge is 0.258 e. The van der Waals surface area contributed by atoms with Gasteiger partial charge in [-0.3, -0.25) is 9.69 Å². The van der Waals surface area contributed by atoms with Gasteiger partial charge in [-0.25, -0.2) is 0 Å². The third-order valence-corrected chi connectivity index (χ3v) is 6.51. The van der Waals surface area contributed by atoms with Gasteiger partial charge in [0.1, 0.15) is 5.75 Å². The second-order valence-corrected chi connectivity index (χ2v) is 8.66. The standard InChI is InChI=1S/C25H28N2O2S/c1-19-3-7-22(8-4-19)27(25(28)21-5-9-24(29-2)10-6-21)23-11-14-26(15-12-23)17-20-13-16-30-18-20/h3-10,13,16,18,23H,11-12,14-15,17H2,1-2H3. The molecule has 4 rings (SSSR count). The lowest BCUT2D eigenvalue weighted by atomic mass is 10.00. The zero-order valence-corrected chi connectivity index (χ0v) is 18.4. The Hall–Kier alpha value is -2.63. The number of carbonyl (C=O) groups is 1. The van der Waals surface area contributed by atoms with Gasteiger partial charge in [0.15, 0.2) is 0 Å². The number of nitrogens with zero attached hydrogens (tertiary/aromatic N) is 2. The molecule has 3 aromatic rings. The summed E-state index contributed by atoms with van der Waals surface area (Å²) >= 11 is 1.75. The summed E-state index contributed by atoms with van der Waals surface area (Å²) in [6.45, 7) is 5.06. The van der Waals surface area contributed by atoms with Gasteiger partial charge >= 0.3 is 0 Å². The van der Waals surface area contributed by atoms with Crippen molar-refractivity contribution in [1.29, 1.82) is 0 Å². The first-order valence-corrected chi connectivity index (χ1v) is 11.4. The Labute approximate surface area is 182 Å². The molecular weight excluding hydrogens is 392 g/mol. The molecule has 0 unspecified atom stereocenters. The number of piperidine rings is 1. The van der Waals surface area contributed by atoms with Gasteiger partial charge in [-0.15, -0.1) is 0 Å². The van der Waals surface area contributed by atoms with Crippen molar-refractivity contribution in [3.63, 3.8) is 0 Å². The molecule has 1 fully saturated rings. The number of likely N-dealkylation sites (tertiary alicyclic amines) is 1. The Balaban J connectivity index is 1.53. The fourth-order valence-electron chi connectivity index (χ4n) is 4.05. The van der Waals surface area contributed by atoms with Gasteiger partial charge in [-0.1, -0.05) is 17.7 Å². The summed E-state index contributed by atoms with van der Waals surface area (Å²) in [5.41, 5.74) is 4.24. The molecule has 4 nitrogen and oxygen atoms in total. The number of aryl methyl sites for hydroxylation is 1. The zero-order chi connectivity index (χ0) is 20.9. The average molecular weight is 421 g/mol. The summed E-state index contributed by atoms with van der Waals surface area (Å²) in [5.74, 6) is 0.813. The molecule has 0 spiro atoms. The van der Waals surface area contributed by atoms with Crippen molar-refractivity contribution in [3.05, 3.63) is 82.0 Å². The number of rotatable bonds is 6. The lowest BCUT2D eigenvalue weighted by molar-refractivity contribution is 0.0958. The first kappa shape index (κ1) is 20.6. The number of amides is 1. The predicted octanol–water partition coefficient (Wildman–Crippen LogP) is 5.38. The maximum absolute atomic E-state index is 13.5. The van der Waals surface area contributed by atoms with Crippen LogP contribution in [0.2, 0.25) is 0 Å². The molecule has 2 aromatic carbocycles. The van der Waals surface area contributed by atoms with E-state index in [2.05, 4.69) is 52.9 Å². The summed E-state index contributed by atoms with van der Waals surface area (Å²) in [5, 5.41) is 4.35. The molecular formula is C25H28N2O2S. The zero-order valence-electron chi connectivity index (χ0n) is 17.6. The van der Waals surface area contributed by atoms with Crippen LogP contribution >= 0.6 is 11.3 Å².